The van der Waals surface area contributed by atoms with E-state index in [0.717, 1.165) is 17.8 Å². The molecule has 0 saturated heterocycles. The number of benzene rings is 1. The van der Waals surface area contributed by atoms with Gasteiger partial charge in [0.25, 0.3) is 0 Å². The van der Waals surface area contributed by atoms with Crippen molar-refractivity contribution in [2.45, 2.75) is 6.54 Å². The van der Waals surface area contributed by atoms with E-state index in [4.69, 9.17) is 5.73 Å². The van der Waals surface area contributed by atoms with Crippen LogP contribution in [0.1, 0.15) is 5.69 Å². The topological polar surface area (TPSA) is 43.3 Å². The van der Waals surface area contributed by atoms with E-state index in [2.05, 4.69) is 4.98 Å². The lowest BCUT2D eigenvalue weighted by molar-refractivity contribution is 0.602. The SMILES string of the molecule is NCc1cn2c(-c3cc(F)ccc3F)csc2n1. The quantitative estimate of drug-likeness (QED) is 0.774. The zero-order chi connectivity index (χ0) is 12.7. The summed E-state index contributed by atoms with van der Waals surface area (Å²) in [7, 11) is 0. The highest BCUT2D eigenvalue weighted by Gasteiger charge is 2.13. The Labute approximate surface area is 106 Å². The Morgan fingerprint density at radius 1 is 1.33 bits per heavy atom. The monoisotopic (exact) mass is 265 g/mol. The molecule has 0 fully saturated rings. The van der Waals surface area contributed by atoms with Crippen LogP contribution in [0.5, 0.6) is 0 Å². The lowest BCUT2D eigenvalue weighted by Crippen LogP contribution is -1.95. The van der Waals surface area contributed by atoms with Crippen LogP contribution in [-0.2, 0) is 6.54 Å². The maximum atomic E-state index is 13.7. The third kappa shape index (κ3) is 1.70. The molecule has 1 aromatic carbocycles. The molecule has 0 atom stereocenters. The number of hydrogen-bond acceptors (Lipinski definition) is 3. The second-order valence-electron chi connectivity index (χ2n) is 3.83. The zero-order valence-corrected chi connectivity index (χ0v) is 10.0. The number of thiazole rings is 1. The minimum Gasteiger partial charge on any atom is -0.325 e. The fraction of sp³-hybridized carbons (Fsp3) is 0.0833. The molecule has 0 saturated carbocycles. The van der Waals surface area contributed by atoms with Gasteiger partial charge in [0.15, 0.2) is 4.96 Å². The van der Waals surface area contributed by atoms with E-state index in [0.29, 0.717) is 17.2 Å². The van der Waals surface area contributed by atoms with Crippen molar-refractivity contribution >= 4 is 16.3 Å². The fourth-order valence-electron chi connectivity index (χ4n) is 1.82. The Bertz CT molecular complexity index is 717. The van der Waals surface area contributed by atoms with Gasteiger partial charge in [0.1, 0.15) is 11.6 Å². The molecule has 18 heavy (non-hydrogen) atoms. The second kappa shape index (κ2) is 4.15. The van der Waals surface area contributed by atoms with Gasteiger partial charge in [-0.3, -0.25) is 4.40 Å². The number of aromatic nitrogens is 2. The summed E-state index contributed by atoms with van der Waals surface area (Å²) in [5, 5.41) is 1.75. The average molecular weight is 265 g/mol. The van der Waals surface area contributed by atoms with Gasteiger partial charge < -0.3 is 5.73 Å². The van der Waals surface area contributed by atoms with Gasteiger partial charge in [-0.05, 0) is 18.2 Å². The number of nitrogens with two attached hydrogens (primary N) is 1. The van der Waals surface area contributed by atoms with Gasteiger partial charge in [0.05, 0.1) is 11.4 Å². The van der Waals surface area contributed by atoms with Crippen LogP contribution < -0.4 is 5.73 Å². The highest BCUT2D eigenvalue weighted by Crippen LogP contribution is 2.28. The number of rotatable bonds is 2. The predicted octanol–water partition coefficient (Wildman–Crippen LogP) is 2.80. The van der Waals surface area contributed by atoms with Crippen molar-refractivity contribution in [3.8, 4) is 11.3 Å². The van der Waals surface area contributed by atoms with Crippen LogP contribution in [-0.4, -0.2) is 9.38 Å². The summed E-state index contributed by atoms with van der Waals surface area (Å²) >= 11 is 1.37. The number of halogens is 2. The fourth-order valence-corrected chi connectivity index (χ4v) is 2.71. The molecule has 3 rings (SSSR count). The van der Waals surface area contributed by atoms with Gasteiger partial charge >= 0.3 is 0 Å². The summed E-state index contributed by atoms with van der Waals surface area (Å²) in [6, 6.07) is 3.40. The summed E-state index contributed by atoms with van der Waals surface area (Å²) in [4.78, 5) is 4.99. The predicted molar refractivity (Wildman–Crippen MR) is 66.3 cm³/mol. The molecule has 0 radical (unpaired) electrons. The van der Waals surface area contributed by atoms with E-state index in [1.807, 2.05) is 0 Å². The first-order valence-corrected chi connectivity index (χ1v) is 6.18. The largest absolute Gasteiger partial charge is 0.325 e. The molecule has 0 unspecified atom stereocenters. The number of imidazole rings is 1. The normalized spacial score (nSPS) is 11.3. The minimum absolute atomic E-state index is 0.224. The van der Waals surface area contributed by atoms with Crippen molar-refractivity contribution in [2.24, 2.45) is 5.73 Å². The lowest BCUT2D eigenvalue weighted by atomic mass is 10.1. The molecule has 3 nitrogen and oxygen atoms in total. The molecule has 0 aliphatic heterocycles. The standard InChI is InChI=1S/C12H9F2N3S/c13-7-1-2-10(14)9(3-7)11-6-18-12-16-8(4-15)5-17(11)12/h1-3,5-6H,4,15H2. The first-order valence-electron chi connectivity index (χ1n) is 5.30. The Morgan fingerprint density at radius 3 is 2.94 bits per heavy atom. The van der Waals surface area contributed by atoms with E-state index in [1.165, 1.54) is 17.4 Å². The van der Waals surface area contributed by atoms with Crippen LogP contribution in [0.4, 0.5) is 8.78 Å². The highest BCUT2D eigenvalue weighted by atomic mass is 32.1. The maximum Gasteiger partial charge on any atom is 0.194 e. The molecule has 0 spiro atoms. The number of hydrogen-bond donors (Lipinski definition) is 1. The lowest BCUT2D eigenvalue weighted by Gasteiger charge is -2.01. The van der Waals surface area contributed by atoms with Crippen LogP contribution in [0.2, 0.25) is 0 Å². The van der Waals surface area contributed by atoms with Crippen molar-refractivity contribution in [3.05, 3.63) is 47.1 Å². The summed E-state index contributed by atoms with van der Waals surface area (Å²) in [5.74, 6) is -0.927. The van der Waals surface area contributed by atoms with Crippen LogP contribution in [0.3, 0.4) is 0 Å². The number of fused-ring (bicyclic) bond motifs is 1. The van der Waals surface area contributed by atoms with Crippen LogP contribution >= 0.6 is 11.3 Å². The molecule has 0 aliphatic rings. The smallest absolute Gasteiger partial charge is 0.194 e. The molecule has 2 heterocycles. The first-order chi connectivity index (χ1) is 8.69. The van der Waals surface area contributed by atoms with E-state index in [1.54, 1.807) is 16.0 Å². The van der Waals surface area contributed by atoms with Crippen molar-refractivity contribution < 1.29 is 8.78 Å². The average Bonchev–Trinajstić information content (AvgIpc) is 2.91. The van der Waals surface area contributed by atoms with Crippen molar-refractivity contribution in [2.75, 3.05) is 0 Å². The number of nitrogens with zero attached hydrogens (tertiary/aromatic N) is 2. The molecular weight excluding hydrogens is 256 g/mol. The van der Waals surface area contributed by atoms with Gasteiger partial charge in [0, 0.05) is 23.7 Å². The Balaban J connectivity index is 2.24. The third-order valence-electron chi connectivity index (χ3n) is 2.67. The van der Waals surface area contributed by atoms with E-state index in [-0.39, 0.29) is 5.56 Å². The van der Waals surface area contributed by atoms with Crippen molar-refractivity contribution in [1.82, 2.24) is 9.38 Å². The Hall–Kier alpha value is -1.79. The maximum absolute atomic E-state index is 13.7. The van der Waals surface area contributed by atoms with E-state index < -0.39 is 11.6 Å². The molecule has 6 heteroatoms. The van der Waals surface area contributed by atoms with Gasteiger partial charge in [-0.1, -0.05) is 0 Å². The summed E-state index contributed by atoms with van der Waals surface area (Å²) in [5.41, 5.74) is 7.04. The molecule has 0 amide bonds. The molecule has 0 bridgehead atoms. The Kier molecular flexibility index (Phi) is 2.61. The summed E-state index contributed by atoms with van der Waals surface area (Å²) in [6.07, 6.45) is 1.74. The zero-order valence-electron chi connectivity index (χ0n) is 9.23. The molecule has 92 valence electrons. The molecule has 2 aromatic heterocycles. The minimum atomic E-state index is -0.468. The second-order valence-corrected chi connectivity index (χ2v) is 4.67. The first kappa shape index (κ1) is 11.3. The van der Waals surface area contributed by atoms with Crippen molar-refractivity contribution in [3.63, 3.8) is 0 Å². The molecule has 0 aliphatic carbocycles. The molecule has 2 N–H and O–H groups in total. The summed E-state index contributed by atoms with van der Waals surface area (Å²) in [6.45, 7) is 0.319. The van der Waals surface area contributed by atoms with Crippen LogP contribution in [0, 0.1) is 11.6 Å². The van der Waals surface area contributed by atoms with Crippen LogP contribution in [0.25, 0.3) is 16.2 Å². The molecular formula is C12H9F2N3S. The highest BCUT2D eigenvalue weighted by molar-refractivity contribution is 7.15. The van der Waals surface area contributed by atoms with Gasteiger partial charge in [-0.2, -0.15) is 0 Å². The van der Waals surface area contributed by atoms with Gasteiger partial charge in [-0.15, -0.1) is 11.3 Å². The Morgan fingerprint density at radius 2 is 2.17 bits per heavy atom. The van der Waals surface area contributed by atoms with Crippen LogP contribution in [0.15, 0.2) is 29.8 Å². The summed E-state index contributed by atoms with van der Waals surface area (Å²) < 4.78 is 28.7. The van der Waals surface area contributed by atoms with E-state index >= 15 is 0 Å². The van der Waals surface area contributed by atoms with Gasteiger partial charge in [-0.25, -0.2) is 13.8 Å². The van der Waals surface area contributed by atoms with Gasteiger partial charge in [0.2, 0.25) is 0 Å². The van der Waals surface area contributed by atoms with Crippen molar-refractivity contribution in [1.29, 1.82) is 0 Å². The third-order valence-corrected chi connectivity index (χ3v) is 3.51. The van der Waals surface area contributed by atoms with E-state index in [9.17, 15) is 8.78 Å². The molecule has 3 aromatic rings.